The van der Waals surface area contributed by atoms with Gasteiger partial charge in [-0.1, -0.05) is 0 Å². The highest BCUT2D eigenvalue weighted by Crippen LogP contribution is 2.78. The van der Waals surface area contributed by atoms with Crippen LogP contribution in [0.15, 0.2) is 0 Å². The fourth-order valence-corrected chi connectivity index (χ4v) is 4.34. The highest BCUT2D eigenvalue weighted by atomic mass is 19.5. The maximum Gasteiger partial charge on any atom is 0.526 e. The first-order valence-electron chi connectivity index (χ1n) is 13.2. The van der Waals surface area contributed by atoms with Gasteiger partial charge in [0.15, 0.2) is 0 Å². The standard InChI is InChI=1S/C20F42O3/c21-2(22,5(27,28)7(31,32)8(33,34)9(35,36)11(39,40)13(43,44)16(51,52)53)1(4(25,26)14(45,46)47,3(23,24)6(29,30)10(37,38)12(41,42)15(48,49)50)17(63-18(54,55)56,64-19(57,58)59)65-20(60,61)62. The highest BCUT2D eigenvalue weighted by molar-refractivity contribution is 5.29. The van der Waals surface area contributed by atoms with Crippen LogP contribution in [0.5, 0.6) is 0 Å². The second kappa shape index (κ2) is 15.2. The van der Waals surface area contributed by atoms with Crippen molar-refractivity contribution in [3.8, 4) is 0 Å². The number of halogens is 42. The molecular weight excluding hydrogens is 1090 g/mol. The van der Waals surface area contributed by atoms with Gasteiger partial charge in [-0.05, 0) is 0 Å². The normalized spacial score (nSPS) is 18.0. The van der Waals surface area contributed by atoms with Crippen LogP contribution >= 0.6 is 0 Å². The zero-order valence-electron chi connectivity index (χ0n) is 27.1. The Morgan fingerprint density at radius 3 is 0.431 bits per heavy atom. The molecule has 0 N–H and O–H groups in total. The van der Waals surface area contributed by atoms with E-state index in [2.05, 4.69) is 0 Å². The van der Waals surface area contributed by atoms with E-state index in [0.29, 0.717) is 14.2 Å². The smallest absolute Gasteiger partial charge is 0.232 e. The van der Waals surface area contributed by atoms with Gasteiger partial charge >= 0.3 is 115 Å². The highest BCUT2D eigenvalue weighted by Gasteiger charge is 3.09. The van der Waals surface area contributed by atoms with E-state index in [1.165, 1.54) is 0 Å². The topological polar surface area (TPSA) is 27.7 Å². The van der Waals surface area contributed by atoms with Crippen molar-refractivity contribution in [2.45, 2.75) is 115 Å². The average Bonchev–Trinajstić information content (AvgIpc) is 2.95. The summed E-state index contributed by atoms with van der Waals surface area (Å²) >= 11 is 0. The molecule has 45 heteroatoms. The Morgan fingerprint density at radius 2 is 0.292 bits per heavy atom. The molecule has 0 saturated carbocycles. The van der Waals surface area contributed by atoms with Crippen molar-refractivity contribution in [1.82, 2.24) is 0 Å². The largest absolute Gasteiger partial charge is 0.526 e. The van der Waals surface area contributed by atoms with Crippen molar-refractivity contribution < 1.29 is 199 Å². The summed E-state index contributed by atoms with van der Waals surface area (Å²) in [6.45, 7) is 0. The van der Waals surface area contributed by atoms with E-state index in [-0.39, 0.29) is 0 Å². The monoisotopic (exact) mass is 1090 g/mol. The van der Waals surface area contributed by atoms with Gasteiger partial charge in [0, 0.05) is 0 Å². The van der Waals surface area contributed by atoms with Gasteiger partial charge in [0.2, 0.25) is 0 Å². The molecule has 0 aromatic heterocycles. The van der Waals surface area contributed by atoms with Gasteiger partial charge < -0.3 is 0 Å². The first-order chi connectivity index (χ1) is 27.1. The van der Waals surface area contributed by atoms with E-state index in [4.69, 9.17) is 0 Å². The molecule has 0 aliphatic rings. The molecule has 0 saturated heterocycles. The summed E-state index contributed by atoms with van der Waals surface area (Å²) in [5, 5.41) is 0. The molecule has 0 fully saturated rings. The first-order valence-corrected chi connectivity index (χ1v) is 13.2. The summed E-state index contributed by atoms with van der Waals surface area (Å²) in [5.41, 5.74) is -12.5. The van der Waals surface area contributed by atoms with Crippen LogP contribution in [0, 0.1) is 5.41 Å². The Labute approximate surface area is 320 Å². The minimum absolute atomic E-state index is 0.485. The fourth-order valence-electron chi connectivity index (χ4n) is 4.34. The lowest BCUT2D eigenvalue weighted by Crippen LogP contribution is -2.89. The van der Waals surface area contributed by atoms with Gasteiger partial charge in [0.05, 0.1) is 0 Å². The van der Waals surface area contributed by atoms with Crippen molar-refractivity contribution in [2.24, 2.45) is 5.41 Å². The molecule has 1 unspecified atom stereocenters. The molecule has 0 amide bonds. The summed E-state index contributed by atoms with van der Waals surface area (Å²) in [6.07, 6.45) is -56.3. The number of ether oxygens (including phenoxy) is 3. The summed E-state index contributed by atoms with van der Waals surface area (Å²) in [4.78, 5) is 0. The number of rotatable bonds is 16. The Morgan fingerprint density at radius 1 is 0.154 bits per heavy atom. The third-order valence-electron chi connectivity index (χ3n) is 7.24. The maximum atomic E-state index is 15.7. The quantitative estimate of drug-likeness (QED) is 0.114. The van der Waals surface area contributed by atoms with Crippen LogP contribution in [0.4, 0.5) is 184 Å². The van der Waals surface area contributed by atoms with Gasteiger partial charge in [-0.25, -0.2) is 14.2 Å². The maximum absolute atomic E-state index is 15.7. The molecule has 0 aliphatic heterocycles. The van der Waals surface area contributed by atoms with Crippen molar-refractivity contribution in [3.05, 3.63) is 0 Å². The van der Waals surface area contributed by atoms with E-state index in [1.54, 1.807) is 0 Å². The van der Waals surface area contributed by atoms with E-state index < -0.39 is 120 Å². The molecule has 392 valence electrons. The number of alkyl halides is 42. The number of hydrogen-bond acceptors (Lipinski definition) is 3. The van der Waals surface area contributed by atoms with Crippen LogP contribution in [0.2, 0.25) is 0 Å². The molecule has 0 radical (unpaired) electrons. The fraction of sp³-hybridized carbons (Fsp3) is 1.00. The summed E-state index contributed by atoms with van der Waals surface area (Å²) < 4.78 is 583. The Kier molecular flexibility index (Phi) is 14.5. The van der Waals surface area contributed by atoms with Crippen LogP contribution in [-0.2, 0) is 14.2 Å². The molecule has 3 nitrogen and oxygen atoms in total. The molecule has 0 rings (SSSR count). The Hall–Kier alpha value is -3.06. The van der Waals surface area contributed by atoms with Gasteiger partial charge in [0.25, 0.3) is 5.41 Å². The zero-order valence-corrected chi connectivity index (χ0v) is 27.1. The zero-order chi connectivity index (χ0) is 54.1. The molecule has 0 aromatic carbocycles. The predicted octanol–water partition coefficient (Wildman–Crippen LogP) is 13.5. The lowest BCUT2D eigenvalue weighted by atomic mass is 9.61. The molecule has 0 heterocycles. The van der Waals surface area contributed by atoms with E-state index >= 15 is 35.1 Å². The Balaban J connectivity index is 10.6. The van der Waals surface area contributed by atoms with Gasteiger partial charge in [-0.15, -0.1) is 39.5 Å². The molecular formula is C20F42O3. The molecule has 0 bridgehead atoms. The van der Waals surface area contributed by atoms with Gasteiger partial charge in [-0.3, -0.25) is 0 Å². The van der Waals surface area contributed by atoms with Crippen LogP contribution in [-0.4, -0.2) is 115 Å². The second-order valence-electron chi connectivity index (χ2n) is 11.3. The minimum atomic E-state index is -12.5. The van der Waals surface area contributed by atoms with Gasteiger partial charge in [-0.2, -0.15) is 145 Å². The first kappa shape index (κ1) is 61.9. The van der Waals surface area contributed by atoms with Crippen LogP contribution < -0.4 is 0 Å². The van der Waals surface area contributed by atoms with Gasteiger partial charge in [0.1, 0.15) is 0 Å². The van der Waals surface area contributed by atoms with Crippen molar-refractivity contribution >= 4 is 0 Å². The van der Waals surface area contributed by atoms with Crippen LogP contribution in [0.1, 0.15) is 0 Å². The molecule has 0 spiro atoms. The van der Waals surface area contributed by atoms with E-state index in [1.807, 2.05) is 0 Å². The lowest BCUT2D eigenvalue weighted by Gasteiger charge is -2.58. The average molecular weight is 1090 g/mol. The third kappa shape index (κ3) is 8.38. The predicted molar refractivity (Wildman–Crippen MR) is 104 cm³/mol. The minimum Gasteiger partial charge on any atom is -0.232 e. The second-order valence-corrected chi connectivity index (χ2v) is 11.3. The summed E-state index contributed by atoms with van der Waals surface area (Å²) in [7, 11) is 0. The van der Waals surface area contributed by atoms with Crippen LogP contribution in [0.3, 0.4) is 0 Å². The van der Waals surface area contributed by atoms with Crippen molar-refractivity contribution in [1.29, 1.82) is 0 Å². The Bertz CT molecular complexity index is 1630. The molecule has 0 aliphatic carbocycles. The van der Waals surface area contributed by atoms with Crippen molar-refractivity contribution in [2.75, 3.05) is 0 Å². The van der Waals surface area contributed by atoms with E-state index in [0.717, 1.165) is 0 Å². The third-order valence-corrected chi connectivity index (χ3v) is 7.24. The summed E-state index contributed by atoms with van der Waals surface area (Å²) in [5.74, 6) is -143. The van der Waals surface area contributed by atoms with Crippen molar-refractivity contribution in [3.63, 3.8) is 0 Å². The van der Waals surface area contributed by atoms with Crippen LogP contribution in [0.25, 0.3) is 0 Å². The van der Waals surface area contributed by atoms with E-state index in [9.17, 15) is 149 Å². The molecule has 65 heavy (non-hydrogen) atoms. The number of hydrogen-bond donors (Lipinski definition) is 0. The lowest BCUT2D eigenvalue weighted by molar-refractivity contribution is -0.655. The molecule has 0 aromatic rings. The molecule has 1 atom stereocenters. The summed E-state index contributed by atoms with van der Waals surface area (Å²) in [6, 6.07) is 0. The SMILES string of the molecule is FC(F)(F)OC(OC(F)(F)F)(OC(F)(F)F)C(C(F)(F)C(F)(F)F)(C(F)(F)C(F)(F)C(F)(F)C(F)(F)C(F)(F)F)C(F)(F)C(F)(F)C(F)(F)C(F)(F)C(F)(F)C(F)(F)C(F)(F)C(F)(F)F.